The lowest BCUT2D eigenvalue weighted by atomic mass is 10.0. The molecule has 0 spiro atoms. The van der Waals surface area contributed by atoms with Crippen LogP contribution >= 0.6 is 0 Å². The first-order chi connectivity index (χ1) is 8.13. The largest absolute Gasteiger partial charge is 0.481 e. The summed E-state index contributed by atoms with van der Waals surface area (Å²) in [6.07, 6.45) is 0.0660. The summed E-state index contributed by atoms with van der Waals surface area (Å²) in [5, 5.41) is 12.1. The minimum atomic E-state index is -0.803. The van der Waals surface area contributed by atoms with Crippen LogP contribution in [0.4, 0.5) is 0 Å². The first kappa shape index (κ1) is 13.7. The van der Waals surface area contributed by atoms with E-state index in [4.69, 9.17) is 9.84 Å². The molecular formula is C13H19NO3. The number of aliphatic carboxylic acids is 1. The van der Waals surface area contributed by atoms with Gasteiger partial charge in [-0.25, -0.2) is 0 Å². The second-order valence-corrected chi connectivity index (χ2v) is 4.08. The average Bonchev–Trinajstić information content (AvgIpc) is 2.27. The van der Waals surface area contributed by atoms with Gasteiger partial charge in [-0.2, -0.15) is 0 Å². The van der Waals surface area contributed by atoms with Crippen LogP contribution in [0, 0.1) is 0 Å². The Hall–Kier alpha value is -1.39. The van der Waals surface area contributed by atoms with Gasteiger partial charge < -0.3 is 15.2 Å². The summed E-state index contributed by atoms with van der Waals surface area (Å²) in [6, 6.07) is 7.83. The third-order valence-electron chi connectivity index (χ3n) is 2.52. The van der Waals surface area contributed by atoms with Crippen molar-refractivity contribution >= 4 is 5.97 Å². The summed E-state index contributed by atoms with van der Waals surface area (Å²) in [4.78, 5) is 10.7. The molecule has 0 saturated heterocycles. The van der Waals surface area contributed by atoms with Crippen LogP contribution in [-0.4, -0.2) is 30.8 Å². The third-order valence-corrected chi connectivity index (χ3v) is 2.52. The van der Waals surface area contributed by atoms with Gasteiger partial charge in [0.1, 0.15) is 0 Å². The molecule has 4 heteroatoms. The minimum Gasteiger partial charge on any atom is -0.481 e. The zero-order chi connectivity index (χ0) is 12.7. The van der Waals surface area contributed by atoms with Gasteiger partial charge in [0.2, 0.25) is 0 Å². The Balaban J connectivity index is 2.60. The van der Waals surface area contributed by atoms with E-state index in [1.807, 2.05) is 31.2 Å². The lowest BCUT2D eigenvalue weighted by Crippen LogP contribution is -2.30. The van der Waals surface area contributed by atoms with Crippen molar-refractivity contribution in [2.75, 3.05) is 13.7 Å². The molecule has 17 heavy (non-hydrogen) atoms. The van der Waals surface area contributed by atoms with Crippen LogP contribution < -0.4 is 5.32 Å². The molecule has 1 rings (SSSR count). The van der Waals surface area contributed by atoms with Crippen LogP contribution in [-0.2, 0) is 22.5 Å². The minimum absolute atomic E-state index is 0.0660. The summed E-state index contributed by atoms with van der Waals surface area (Å²) in [6.45, 7) is 3.33. The fraction of sp³-hybridized carbons (Fsp3) is 0.462. The zero-order valence-corrected chi connectivity index (χ0v) is 10.3. The van der Waals surface area contributed by atoms with Crippen LogP contribution in [0.2, 0.25) is 0 Å². The predicted molar refractivity (Wildman–Crippen MR) is 66.0 cm³/mol. The van der Waals surface area contributed by atoms with Gasteiger partial charge in [0, 0.05) is 19.7 Å². The van der Waals surface area contributed by atoms with E-state index in [2.05, 4.69) is 5.32 Å². The highest BCUT2D eigenvalue weighted by Crippen LogP contribution is 2.09. The first-order valence-electron chi connectivity index (χ1n) is 5.64. The Morgan fingerprint density at radius 1 is 1.41 bits per heavy atom. The van der Waals surface area contributed by atoms with Crippen molar-refractivity contribution in [2.24, 2.45) is 0 Å². The summed E-state index contributed by atoms with van der Waals surface area (Å²) in [5.74, 6) is -0.803. The van der Waals surface area contributed by atoms with Crippen molar-refractivity contribution < 1.29 is 14.6 Å². The van der Waals surface area contributed by atoms with E-state index >= 15 is 0 Å². The van der Waals surface area contributed by atoms with E-state index in [1.165, 1.54) is 0 Å². The van der Waals surface area contributed by atoms with Gasteiger partial charge in [-0.05, 0) is 18.1 Å². The smallest absolute Gasteiger partial charge is 0.307 e. The molecule has 0 heterocycles. The number of methoxy groups -OCH3 is 1. The predicted octanol–water partition coefficient (Wildman–Crippen LogP) is 1.44. The molecule has 0 bridgehead atoms. The summed E-state index contributed by atoms with van der Waals surface area (Å²) < 4.78 is 5.03. The standard InChI is InChI=1S/C13H19NO3/c1-10(9-17-2)14-8-12-6-4-3-5-11(12)7-13(15)16/h3-6,10,14H,7-9H2,1-2H3,(H,15,16). The molecule has 1 aromatic rings. The van der Waals surface area contributed by atoms with E-state index in [-0.39, 0.29) is 12.5 Å². The Labute approximate surface area is 102 Å². The molecule has 4 nitrogen and oxygen atoms in total. The Bertz CT molecular complexity index is 365. The Morgan fingerprint density at radius 2 is 2.06 bits per heavy atom. The lowest BCUT2D eigenvalue weighted by molar-refractivity contribution is -0.136. The molecule has 1 unspecified atom stereocenters. The number of ether oxygens (including phenoxy) is 1. The van der Waals surface area contributed by atoms with Gasteiger partial charge in [0.25, 0.3) is 0 Å². The highest BCUT2D eigenvalue weighted by atomic mass is 16.5. The van der Waals surface area contributed by atoms with E-state index < -0.39 is 5.97 Å². The molecule has 0 aliphatic rings. The van der Waals surface area contributed by atoms with Gasteiger partial charge in [0.15, 0.2) is 0 Å². The number of hydrogen-bond acceptors (Lipinski definition) is 3. The lowest BCUT2D eigenvalue weighted by Gasteiger charge is -2.14. The van der Waals surface area contributed by atoms with Crippen LogP contribution in [0.25, 0.3) is 0 Å². The van der Waals surface area contributed by atoms with E-state index in [1.54, 1.807) is 7.11 Å². The van der Waals surface area contributed by atoms with Crippen LogP contribution in [0.15, 0.2) is 24.3 Å². The van der Waals surface area contributed by atoms with Crippen LogP contribution in [0.5, 0.6) is 0 Å². The number of hydrogen-bond donors (Lipinski definition) is 2. The highest BCUT2D eigenvalue weighted by Gasteiger charge is 2.07. The van der Waals surface area contributed by atoms with E-state index in [0.717, 1.165) is 11.1 Å². The fourth-order valence-electron chi connectivity index (χ4n) is 1.66. The second kappa shape index (κ2) is 7.04. The summed E-state index contributed by atoms with van der Waals surface area (Å²) >= 11 is 0. The fourth-order valence-corrected chi connectivity index (χ4v) is 1.66. The Kier molecular flexibility index (Phi) is 5.66. The number of rotatable bonds is 7. The molecule has 0 amide bonds. The molecule has 0 radical (unpaired) electrons. The highest BCUT2D eigenvalue weighted by molar-refractivity contribution is 5.70. The van der Waals surface area contributed by atoms with E-state index in [9.17, 15) is 4.79 Å². The Morgan fingerprint density at radius 3 is 2.65 bits per heavy atom. The van der Waals surface area contributed by atoms with Crippen LogP contribution in [0.3, 0.4) is 0 Å². The number of carboxylic acid groups (broad SMARTS) is 1. The molecule has 94 valence electrons. The van der Waals surface area contributed by atoms with Crippen LogP contribution in [0.1, 0.15) is 18.1 Å². The molecule has 0 saturated carbocycles. The quantitative estimate of drug-likeness (QED) is 0.753. The zero-order valence-electron chi connectivity index (χ0n) is 10.3. The van der Waals surface area contributed by atoms with Gasteiger partial charge in [-0.3, -0.25) is 4.79 Å². The van der Waals surface area contributed by atoms with Crippen molar-refractivity contribution in [1.82, 2.24) is 5.32 Å². The average molecular weight is 237 g/mol. The monoisotopic (exact) mass is 237 g/mol. The molecule has 1 atom stereocenters. The maximum absolute atomic E-state index is 10.7. The van der Waals surface area contributed by atoms with Crippen molar-refractivity contribution in [1.29, 1.82) is 0 Å². The number of benzene rings is 1. The number of carbonyl (C=O) groups is 1. The maximum atomic E-state index is 10.7. The SMILES string of the molecule is COCC(C)NCc1ccccc1CC(=O)O. The third kappa shape index (κ3) is 4.97. The van der Waals surface area contributed by atoms with Gasteiger partial charge in [-0.15, -0.1) is 0 Å². The molecule has 1 aromatic carbocycles. The summed E-state index contributed by atoms with van der Waals surface area (Å²) in [7, 11) is 1.66. The normalized spacial score (nSPS) is 12.4. The molecule has 2 N–H and O–H groups in total. The van der Waals surface area contributed by atoms with Gasteiger partial charge in [0.05, 0.1) is 13.0 Å². The molecule has 0 aliphatic carbocycles. The topological polar surface area (TPSA) is 58.6 Å². The van der Waals surface area contributed by atoms with Crippen molar-refractivity contribution in [3.63, 3.8) is 0 Å². The molecule has 0 fully saturated rings. The van der Waals surface area contributed by atoms with Gasteiger partial charge in [-0.1, -0.05) is 24.3 Å². The first-order valence-corrected chi connectivity index (χ1v) is 5.64. The molecule has 0 aromatic heterocycles. The van der Waals surface area contributed by atoms with Gasteiger partial charge >= 0.3 is 5.97 Å². The van der Waals surface area contributed by atoms with Crippen molar-refractivity contribution in [3.8, 4) is 0 Å². The summed E-state index contributed by atoms with van der Waals surface area (Å²) in [5.41, 5.74) is 1.88. The second-order valence-electron chi connectivity index (χ2n) is 4.08. The maximum Gasteiger partial charge on any atom is 0.307 e. The van der Waals surface area contributed by atoms with Crippen molar-refractivity contribution in [2.45, 2.75) is 25.9 Å². The van der Waals surface area contributed by atoms with E-state index in [0.29, 0.717) is 13.2 Å². The number of carboxylic acids is 1. The number of nitrogens with one attached hydrogen (secondary N) is 1. The molecule has 0 aliphatic heterocycles. The molecular weight excluding hydrogens is 218 g/mol. The van der Waals surface area contributed by atoms with Crippen molar-refractivity contribution in [3.05, 3.63) is 35.4 Å².